The number of benzene rings is 1. The molecule has 0 aliphatic carbocycles. The summed E-state index contributed by atoms with van der Waals surface area (Å²) in [5.74, 6) is 1.11. The monoisotopic (exact) mass is 213 g/mol. The number of rotatable bonds is 3. The van der Waals surface area contributed by atoms with E-state index in [2.05, 4.69) is 13.8 Å². The molecule has 3 heteroatoms. The standard InChI is InChI=1S/C11H16ClNO/c1-7(2)8(3)14-11-6-9(13)4-5-10(11)12/h4-8H,13H2,1-3H3. The van der Waals surface area contributed by atoms with Gasteiger partial charge in [0.05, 0.1) is 11.1 Å². The lowest BCUT2D eigenvalue weighted by Gasteiger charge is -2.19. The Morgan fingerprint density at radius 2 is 1.93 bits per heavy atom. The molecule has 2 nitrogen and oxygen atoms in total. The molecule has 0 bridgehead atoms. The molecule has 1 aromatic rings. The van der Waals surface area contributed by atoms with Crippen molar-refractivity contribution in [2.45, 2.75) is 26.9 Å². The van der Waals surface area contributed by atoms with Crippen molar-refractivity contribution in [1.82, 2.24) is 0 Å². The van der Waals surface area contributed by atoms with Crippen LogP contribution in [0.15, 0.2) is 18.2 Å². The van der Waals surface area contributed by atoms with Gasteiger partial charge in [-0.05, 0) is 25.0 Å². The Labute approximate surface area is 90.0 Å². The molecular formula is C11H16ClNO. The van der Waals surface area contributed by atoms with E-state index in [1.807, 2.05) is 6.92 Å². The Bertz CT molecular complexity index is 312. The van der Waals surface area contributed by atoms with E-state index in [4.69, 9.17) is 22.1 Å². The Hall–Kier alpha value is -0.890. The Morgan fingerprint density at radius 1 is 1.29 bits per heavy atom. The normalized spacial score (nSPS) is 12.9. The minimum atomic E-state index is 0.134. The van der Waals surface area contributed by atoms with Crippen molar-refractivity contribution in [3.8, 4) is 5.75 Å². The molecule has 0 radical (unpaired) electrons. The Kier molecular flexibility index (Phi) is 3.64. The number of nitrogens with two attached hydrogens (primary N) is 1. The number of hydrogen-bond acceptors (Lipinski definition) is 2. The van der Waals surface area contributed by atoms with Crippen LogP contribution in [0.3, 0.4) is 0 Å². The van der Waals surface area contributed by atoms with Crippen LogP contribution in [0.1, 0.15) is 20.8 Å². The molecule has 1 atom stereocenters. The fourth-order valence-electron chi connectivity index (χ4n) is 0.947. The van der Waals surface area contributed by atoms with Crippen LogP contribution in [-0.2, 0) is 0 Å². The van der Waals surface area contributed by atoms with E-state index in [0.717, 1.165) is 0 Å². The van der Waals surface area contributed by atoms with E-state index in [1.54, 1.807) is 18.2 Å². The second kappa shape index (κ2) is 4.56. The molecule has 0 spiro atoms. The predicted octanol–water partition coefficient (Wildman–Crippen LogP) is 3.35. The van der Waals surface area contributed by atoms with Crippen LogP contribution < -0.4 is 10.5 Å². The van der Waals surface area contributed by atoms with Gasteiger partial charge in [0.15, 0.2) is 0 Å². The van der Waals surface area contributed by atoms with Gasteiger partial charge in [0.2, 0.25) is 0 Å². The molecule has 0 saturated heterocycles. The molecule has 2 N–H and O–H groups in total. The van der Waals surface area contributed by atoms with Gasteiger partial charge in [-0.3, -0.25) is 0 Å². The van der Waals surface area contributed by atoms with Crippen molar-refractivity contribution >= 4 is 17.3 Å². The van der Waals surface area contributed by atoms with Crippen LogP contribution in [0, 0.1) is 5.92 Å². The molecule has 0 fully saturated rings. The van der Waals surface area contributed by atoms with Gasteiger partial charge in [-0.15, -0.1) is 0 Å². The van der Waals surface area contributed by atoms with Gasteiger partial charge in [0.1, 0.15) is 5.75 Å². The average molecular weight is 214 g/mol. The third-order valence-electron chi connectivity index (χ3n) is 2.21. The van der Waals surface area contributed by atoms with Crippen LogP contribution in [0.25, 0.3) is 0 Å². The first-order valence-corrected chi connectivity index (χ1v) is 5.10. The van der Waals surface area contributed by atoms with E-state index >= 15 is 0 Å². The molecule has 0 amide bonds. The van der Waals surface area contributed by atoms with E-state index < -0.39 is 0 Å². The fourth-order valence-corrected chi connectivity index (χ4v) is 1.11. The molecule has 0 saturated carbocycles. The van der Waals surface area contributed by atoms with Crippen molar-refractivity contribution in [2.75, 3.05) is 5.73 Å². The lowest BCUT2D eigenvalue weighted by molar-refractivity contribution is 0.170. The van der Waals surface area contributed by atoms with E-state index in [0.29, 0.717) is 22.4 Å². The SMILES string of the molecule is CC(C)C(C)Oc1cc(N)ccc1Cl. The minimum Gasteiger partial charge on any atom is -0.489 e. The maximum atomic E-state index is 5.96. The van der Waals surface area contributed by atoms with E-state index in [1.165, 1.54) is 0 Å². The molecule has 1 aromatic carbocycles. The summed E-state index contributed by atoms with van der Waals surface area (Å²) in [5.41, 5.74) is 6.31. The van der Waals surface area contributed by atoms with Gasteiger partial charge in [-0.2, -0.15) is 0 Å². The van der Waals surface area contributed by atoms with Gasteiger partial charge in [-0.1, -0.05) is 25.4 Å². The zero-order chi connectivity index (χ0) is 10.7. The minimum absolute atomic E-state index is 0.134. The number of anilines is 1. The Morgan fingerprint density at radius 3 is 2.50 bits per heavy atom. The molecule has 14 heavy (non-hydrogen) atoms. The zero-order valence-corrected chi connectivity index (χ0v) is 9.51. The summed E-state index contributed by atoms with van der Waals surface area (Å²) in [4.78, 5) is 0. The lowest BCUT2D eigenvalue weighted by atomic mass is 10.1. The van der Waals surface area contributed by atoms with Crippen molar-refractivity contribution in [3.05, 3.63) is 23.2 Å². The van der Waals surface area contributed by atoms with Gasteiger partial charge in [0, 0.05) is 11.8 Å². The van der Waals surface area contributed by atoms with Crippen LogP contribution in [-0.4, -0.2) is 6.10 Å². The molecule has 0 aliphatic rings. The van der Waals surface area contributed by atoms with Gasteiger partial charge in [0.25, 0.3) is 0 Å². The van der Waals surface area contributed by atoms with Gasteiger partial charge in [-0.25, -0.2) is 0 Å². The highest BCUT2D eigenvalue weighted by Crippen LogP contribution is 2.28. The first-order chi connectivity index (χ1) is 6.50. The maximum absolute atomic E-state index is 5.96. The van der Waals surface area contributed by atoms with Crippen LogP contribution in [0.4, 0.5) is 5.69 Å². The predicted molar refractivity (Wildman–Crippen MR) is 60.8 cm³/mol. The quantitative estimate of drug-likeness (QED) is 0.782. The molecule has 0 aliphatic heterocycles. The summed E-state index contributed by atoms with van der Waals surface area (Å²) in [6.45, 7) is 6.22. The summed E-state index contributed by atoms with van der Waals surface area (Å²) in [6, 6.07) is 5.26. The van der Waals surface area contributed by atoms with Crippen molar-refractivity contribution in [2.24, 2.45) is 5.92 Å². The number of hydrogen-bond donors (Lipinski definition) is 1. The highest BCUT2D eigenvalue weighted by molar-refractivity contribution is 6.32. The third-order valence-corrected chi connectivity index (χ3v) is 2.52. The first-order valence-electron chi connectivity index (χ1n) is 4.72. The van der Waals surface area contributed by atoms with Gasteiger partial charge >= 0.3 is 0 Å². The molecule has 0 aromatic heterocycles. The molecule has 1 rings (SSSR count). The van der Waals surface area contributed by atoms with Gasteiger partial charge < -0.3 is 10.5 Å². The lowest BCUT2D eigenvalue weighted by Crippen LogP contribution is -2.18. The van der Waals surface area contributed by atoms with Crippen LogP contribution >= 0.6 is 11.6 Å². The van der Waals surface area contributed by atoms with E-state index in [9.17, 15) is 0 Å². The largest absolute Gasteiger partial charge is 0.489 e. The summed E-state index contributed by atoms with van der Waals surface area (Å²) in [5, 5.41) is 0.603. The summed E-state index contributed by atoms with van der Waals surface area (Å²) < 4.78 is 5.68. The Balaban J connectivity index is 2.80. The van der Waals surface area contributed by atoms with Crippen molar-refractivity contribution in [3.63, 3.8) is 0 Å². The van der Waals surface area contributed by atoms with Crippen molar-refractivity contribution < 1.29 is 4.74 Å². The summed E-state index contributed by atoms with van der Waals surface area (Å²) in [7, 11) is 0. The van der Waals surface area contributed by atoms with E-state index in [-0.39, 0.29) is 6.10 Å². The third kappa shape index (κ3) is 2.81. The van der Waals surface area contributed by atoms with Crippen LogP contribution in [0.5, 0.6) is 5.75 Å². The highest BCUT2D eigenvalue weighted by Gasteiger charge is 2.10. The highest BCUT2D eigenvalue weighted by atomic mass is 35.5. The summed E-state index contributed by atoms with van der Waals surface area (Å²) in [6.07, 6.45) is 0.134. The molecule has 1 unspecified atom stereocenters. The number of nitrogen functional groups attached to an aromatic ring is 1. The second-order valence-electron chi connectivity index (χ2n) is 3.76. The molecule has 78 valence electrons. The topological polar surface area (TPSA) is 35.2 Å². The second-order valence-corrected chi connectivity index (χ2v) is 4.16. The molecule has 0 heterocycles. The van der Waals surface area contributed by atoms with Crippen molar-refractivity contribution in [1.29, 1.82) is 0 Å². The average Bonchev–Trinajstić information content (AvgIpc) is 2.11. The summed E-state index contributed by atoms with van der Waals surface area (Å²) >= 11 is 5.96. The smallest absolute Gasteiger partial charge is 0.140 e. The first kappa shape index (κ1) is 11.2. The fraction of sp³-hybridized carbons (Fsp3) is 0.455. The van der Waals surface area contributed by atoms with Crippen LogP contribution in [0.2, 0.25) is 5.02 Å². The molecular weight excluding hydrogens is 198 g/mol. The maximum Gasteiger partial charge on any atom is 0.140 e. The zero-order valence-electron chi connectivity index (χ0n) is 8.75. The number of halogens is 1. The number of ether oxygens (including phenoxy) is 1.